The van der Waals surface area contributed by atoms with E-state index in [2.05, 4.69) is 34.5 Å². The molecule has 124 valence electrons. The highest BCUT2D eigenvalue weighted by Gasteiger charge is 2.43. The van der Waals surface area contributed by atoms with Gasteiger partial charge in [0.1, 0.15) is 18.1 Å². The number of piperidine rings is 1. The van der Waals surface area contributed by atoms with Crippen molar-refractivity contribution in [2.45, 2.75) is 18.4 Å². The van der Waals surface area contributed by atoms with Crippen molar-refractivity contribution < 1.29 is 9.47 Å². The number of methoxy groups -OCH3 is 1. The van der Waals surface area contributed by atoms with E-state index in [9.17, 15) is 0 Å². The number of nitrogens with zero attached hydrogens (tertiary/aromatic N) is 1. The number of ether oxygens (including phenoxy) is 2. The van der Waals surface area contributed by atoms with Crippen LogP contribution in [0.4, 0.5) is 5.69 Å². The minimum Gasteiger partial charge on any atom is -0.496 e. The molecule has 0 amide bonds. The number of benzene rings is 2. The predicted octanol–water partition coefficient (Wildman–Crippen LogP) is 3.02. The van der Waals surface area contributed by atoms with Crippen molar-refractivity contribution in [1.82, 2.24) is 5.32 Å². The van der Waals surface area contributed by atoms with Gasteiger partial charge in [-0.2, -0.15) is 0 Å². The van der Waals surface area contributed by atoms with Crippen LogP contribution in [0.25, 0.3) is 11.1 Å². The van der Waals surface area contributed by atoms with Gasteiger partial charge in [-0.15, -0.1) is 0 Å². The van der Waals surface area contributed by atoms with Gasteiger partial charge in [0.15, 0.2) is 0 Å². The lowest BCUT2D eigenvalue weighted by Crippen LogP contribution is -2.46. The van der Waals surface area contributed by atoms with Gasteiger partial charge in [-0.3, -0.25) is 0 Å². The second-order valence-corrected chi connectivity index (χ2v) is 6.82. The summed E-state index contributed by atoms with van der Waals surface area (Å²) in [6.45, 7) is 3.96. The van der Waals surface area contributed by atoms with Gasteiger partial charge in [0.2, 0.25) is 0 Å². The largest absolute Gasteiger partial charge is 0.496 e. The first kappa shape index (κ1) is 14.2. The van der Waals surface area contributed by atoms with Gasteiger partial charge in [-0.1, -0.05) is 18.2 Å². The zero-order chi connectivity index (χ0) is 16.1. The van der Waals surface area contributed by atoms with Crippen LogP contribution in [-0.4, -0.2) is 39.4 Å². The fourth-order valence-electron chi connectivity index (χ4n) is 4.60. The van der Waals surface area contributed by atoms with Gasteiger partial charge in [0.25, 0.3) is 0 Å². The summed E-state index contributed by atoms with van der Waals surface area (Å²) in [4.78, 5) is 2.59. The summed E-state index contributed by atoms with van der Waals surface area (Å²) in [6, 6.07) is 13.4. The molecule has 0 radical (unpaired) electrons. The molecule has 2 aromatic rings. The molecule has 0 aliphatic carbocycles. The summed E-state index contributed by atoms with van der Waals surface area (Å²) in [5.74, 6) is 2.51. The minimum absolute atomic E-state index is 0.559. The van der Waals surface area contributed by atoms with Crippen molar-refractivity contribution in [2.75, 3.05) is 38.3 Å². The SMILES string of the molecule is COc1ccccc1-c1cc2c3c(c1)[C@@H]1CNCC[C@@H]1N3CCO2. The maximum atomic E-state index is 6.05. The highest BCUT2D eigenvalue weighted by Crippen LogP contribution is 2.51. The minimum atomic E-state index is 0.559. The smallest absolute Gasteiger partial charge is 0.143 e. The van der Waals surface area contributed by atoms with Gasteiger partial charge >= 0.3 is 0 Å². The lowest BCUT2D eigenvalue weighted by Gasteiger charge is -2.36. The van der Waals surface area contributed by atoms with Crippen LogP contribution in [0.5, 0.6) is 11.5 Å². The van der Waals surface area contributed by atoms with Gasteiger partial charge in [-0.05, 0) is 42.3 Å². The molecular weight excluding hydrogens is 300 g/mol. The fourth-order valence-corrected chi connectivity index (χ4v) is 4.60. The van der Waals surface area contributed by atoms with E-state index in [0.717, 1.165) is 43.3 Å². The molecule has 3 heterocycles. The summed E-state index contributed by atoms with van der Waals surface area (Å²) in [7, 11) is 1.73. The van der Waals surface area contributed by atoms with Crippen molar-refractivity contribution in [1.29, 1.82) is 0 Å². The molecule has 0 bridgehead atoms. The van der Waals surface area contributed by atoms with Crippen molar-refractivity contribution >= 4 is 5.69 Å². The van der Waals surface area contributed by atoms with E-state index in [1.54, 1.807) is 7.11 Å². The van der Waals surface area contributed by atoms with E-state index in [4.69, 9.17) is 9.47 Å². The van der Waals surface area contributed by atoms with E-state index < -0.39 is 0 Å². The summed E-state index contributed by atoms with van der Waals surface area (Å²) in [5, 5.41) is 3.57. The molecule has 0 unspecified atom stereocenters. The first-order valence-electron chi connectivity index (χ1n) is 8.78. The maximum Gasteiger partial charge on any atom is 0.143 e. The third-order valence-corrected chi connectivity index (χ3v) is 5.64. The first-order valence-corrected chi connectivity index (χ1v) is 8.78. The molecule has 0 spiro atoms. The van der Waals surface area contributed by atoms with Crippen LogP contribution in [-0.2, 0) is 0 Å². The molecule has 3 aliphatic rings. The van der Waals surface area contributed by atoms with Gasteiger partial charge in [0.05, 0.1) is 19.3 Å². The number of hydrogen-bond acceptors (Lipinski definition) is 4. The molecule has 4 heteroatoms. The molecular formula is C20H22N2O2. The third-order valence-electron chi connectivity index (χ3n) is 5.64. The van der Waals surface area contributed by atoms with E-state index >= 15 is 0 Å². The third kappa shape index (κ3) is 1.96. The summed E-state index contributed by atoms with van der Waals surface area (Å²) in [6.07, 6.45) is 1.21. The zero-order valence-corrected chi connectivity index (χ0v) is 13.9. The zero-order valence-electron chi connectivity index (χ0n) is 13.9. The summed E-state index contributed by atoms with van der Waals surface area (Å²) in [5.41, 5.74) is 5.09. The van der Waals surface area contributed by atoms with Crippen LogP contribution in [0.15, 0.2) is 36.4 Å². The van der Waals surface area contributed by atoms with Gasteiger partial charge < -0.3 is 19.7 Å². The molecule has 0 saturated carbocycles. The molecule has 2 atom stereocenters. The van der Waals surface area contributed by atoms with Crippen LogP contribution in [0.2, 0.25) is 0 Å². The lowest BCUT2D eigenvalue weighted by atomic mass is 9.88. The second-order valence-electron chi connectivity index (χ2n) is 6.82. The quantitative estimate of drug-likeness (QED) is 0.921. The molecule has 1 N–H and O–H groups in total. The number of fused-ring (bicyclic) bond motifs is 3. The van der Waals surface area contributed by atoms with E-state index in [1.807, 2.05) is 12.1 Å². The Morgan fingerprint density at radius 2 is 2.17 bits per heavy atom. The molecule has 1 fully saturated rings. The Bertz CT molecular complexity index is 789. The molecule has 3 aliphatic heterocycles. The van der Waals surface area contributed by atoms with Crippen molar-refractivity contribution in [3.05, 3.63) is 42.0 Å². The second kappa shape index (κ2) is 5.42. The van der Waals surface area contributed by atoms with Crippen LogP contribution >= 0.6 is 0 Å². The van der Waals surface area contributed by atoms with Gasteiger partial charge in [0, 0.05) is 24.1 Å². The van der Waals surface area contributed by atoms with Crippen LogP contribution < -0.4 is 19.7 Å². The normalized spacial score (nSPS) is 24.1. The first-order chi connectivity index (χ1) is 11.9. The van der Waals surface area contributed by atoms with Crippen molar-refractivity contribution in [3.63, 3.8) is 0 Å². The average Bonchev–Trinajstić information content (AvgIpc) is 2.98. The van der Waals surface area contributed by atoms with E-state index in [1.165, 1.54) is 23.2 Å². The highest BCUT2D eigenvalue weighted by molar-refractivity contribution is 5.81. The van der Waals surface area contributed by atoms with Crippen LogP contribution in [0, 0.1) is 0 Å². The Morgan fingerprint density at radius 3 is 3.08 bits per heavy atom. The Morgan fingerprint density at radius 1 is 1.25 bits per heavy atom. The standard InChI is InChI=1S/C20H22N2O2/c1-23-18-5-3-2-4-14(18)13-10-15-16-12-21-7-6-17(16)22-8-9-24-19(11-13)20(15)22/h2-5,10-11,16-17,21H,6-9,12H2,1H3/t16-,17-/m0/s1. The molecule has 1 saturated heterocycles. The molecule has 2 aromatic carbocycles. The molecule has 24 heavy (non-hydrogen) atoms. The molecule has 4 nitrogen and oxygen atoms in total. The number of nitrogens with one attached hydrogen (secondary N) is 1. The van der Waals surface area contributed by atoms with Crippen LogP contribution in [0.3, 0.4) is 0 Å². The van der Waals surface area contributed by atoms with Gasteiger partial charge in [-0.25, -0.2) is 0 Å². The number of para-hydroxylation sites is 1. The fraction of sp³-hybridized carbons (Fsp3) is 0.400. The topological polar surface area (TPSA) is 33.7 Å². The Kier molecular flexibility index (Phi) is 3.20. The molecule has 5 rings (SSSR count). The number of anilines is 1. The average molecular weight is 322 g/mol. The van der Waals surface area contributed by atoms with Crippen LogP contribution in [0.1, 0.15) is 17.9 Å². The maximum absolute atomic E-state index is 6.05. The van der Waals surface area contributed by atoms with Crippen molar-refractivity contribution in [2.24, 2.45) is 0 Å². The molecule has 0 aromatic heterocycles. The summed E-state index contributed by atoms with van der Waals surface area (Å²) >= 11 is 0. The monoisotopic (exact) mass is 322 g/mol. The predicted molar refractivity (Wildman–Crippen MR) is 95.3 cm³/mol. The van der Waals surface area contributed by atoms with E-state index in [-0.39, 0.29) is 0 Å². The number of rotatable bonds is 2. The Labute approximate surface area is 142 Å². The summed E-state index contributed by atoms with van der Waals surface area (Å²) < 4.78 is 11.6. The Balaban J connectivity index is 1.69. The Hall–Kier alpha value is -2.20. The number of hydrogen-bond donors (Lipinski definition) is 1. The van der Waals surface area contributed by atoms with E-state index in [0.29, 0.717) is 12.0 Å². The lowest BCUT2D eigenvalue weighted by molar-refractivity contribution is 0.295. The highest BCUT2D eigenvalue weighted by atomic mass is 16.5. The van der Waals surface area contributed by atoms with Crippen molar-refractivity contribution in [3.8, 4) is 22.6 Å².